The van der Waals surface area contributed by atoms with Crippen LogP contribution in [0.3, 0.4) is 0 Å². The molecular formula is C15H20. The van der Waals surface area contributed by atoms with Gasteiger partial charge < -0.3 is 0 Å². The van der Waals surface area contributed by atoms with Gasteiger partial charge in [-0.1, -0.05) is 43.3 Å². The maximum Gasteiger partial charge on any atom is -0.0125 e. The Morgan fingerprint density at radius 3 is 3.00 bits per heavy atom. The Morgan fingerprint density at radius 2 is 2.27 bits per heavy atom. The van der Waals surface area contributed by atoms with E-state index in [-0.39, 0.29) is 0 Å². The van der Waals surface area contributed by atoms with Crippen LogP contribution in [0.4, 0.5) is 0 Å². The SMILES string of the molecule is C=C1CCCC(c2cccc(CC)c2)C1. The fourth-order valence-corrected chi connectivity index (χ4v) is 2.50. The minimum absolute atomic E-state index is 0.734. The largest absolute Gasteiger partial charge is 0.0998 e. The van der Waals surface area contributed by atoms with Gasteiger partial charge >= 0.3 is 0 Å². The Bertz CT molecular complexity index is 349. The van der Waals surface area contributed by atoms with Crippen LogP contribution in [-0.2, 0) is 6.42 Å². The second-order valence-corrected chi connectivity index (χ2v) is 4.64. The molecule has 0 amide bonds. The fourth-order valence-electron chi connectivity index (χ4n) is 2.50. The molecule has 0 heteroatoms. The molecule has 0 nitrogen and oxygen atoms in total. The summed E-state index contributed by atoms with van der Waals surface area (Å²) in [4.78, 5) is 0. The van der Waals surface area contributed by atoms with Crippen molar-refractivity contribution in [1.29, 1.82) is 0 Å². The lowest BCUT2D eigenvalue weighted by Crippen LogP contribution is -2.06. The predicted molar refractivity (Wildman–Crippen MR) is 66.2 cm³/mol. The Morgan fingerprint density at radius 1 is 1.40 bits per heavy atom. The molecule has 1 aromatic carbocycles. The van der Waals surface area contributed by atoms with Crippen LogP contribution < -0.4 is 0 Å². The van der Waals surface area contributed by atoms with Gasteiger partial charge in [0.1, 0.15) is 0 Å². The van der Waals surface area contributed by atoms with Crippen LogP contribution in [-0.4, -0.2) is 0 Å². The predicted octanol–water partition coefficient (Wildman–Crippen LogP) is 4.46. The van der Waals surface area contributed by atoms with Crippen molar-refractivity contribution in [2.75, 3.05) is 0 Å². The third kappa shape index (κ3) is 2.50. The molecule has 1 unspecified atom stereocenters. The van der Waals surface area contributed by atoms with Gasteiger partial charge in [0, 0.05) is 0 Å². The highest BCUT2D eigenvalue weighted by Crippen LogP contribution is 2.35. The van der Waals surface area contributed by atoms with E-state index >= 15 is 0 Å². The van der Waals surface area contributed by atoms with Gasteiger partial charge in [-0.3, -0.25) is 0 Å². The van der Waals surface area contributed by atoms with Crippen molar-refractivity contribution in [3.05, 3.63) is 47.5 Å². The van der Waals surface area contributed by atoms with Gasteiger partial charge in [-0.25, -0.2) is 0 Å². The van der Waals surface area contributed by atoms with Crippen LogP contribution in [0, 0.1) is 0 Å². The topological polar surface area (TPSA) is 0 Å². The summed E-state index contributed by atoms with van der Waals surface area (Å²) in [5, 5.41) is 0. The summed E-state index contributed by atoms with van der Waals surface area (Å²) in [6.07, 6.45) is 6.24. The zero-order chi connectivity index (χ0) is 10.7. The second-order valence-electron chi connectivity index (χ2n) is 4.64. The first-order valence-corrected chi connectivity index (χ1v) is 6.05. The minimum atomic E-state index is 0.734. The summed E-state index contributed by atoms with van der Waals surface area (Å²) < 4.78 is 0. The third-order valence-corrected chi connectivity index (χ3v) is 3.45. The summed E-state index contributed by atoms with van der Waals surface area (Å²) in [6, 6.07) is 9.08. The number of hydrogen-bond donors (Lipinski definition) is 0. The molecule has 1 aliphatic rings. The van der Waals surface area contributed by atoms with Crippen molar-refractivity contribution in [3.63, 3.8) is 0 Å². The maximum atomic E-state index is 4.13. The smallest absolute Gasteiger partial charge is 0.0125 e. The van der Waals surface area contributed by atoms with Gasteiger partial charge in [0.2, 0.25) is 0 Å². The minimum Gasteiger partial charge on any atom is -0.0998 e. The van der Waals surface area contributed by atoms with E-state index in [2.05, 4.69) is 37.8 Å². The molecule has 1 atom stereocenters. The highest BCUT2D eigenvalue weighted by Gasteiger charge is 2.17. The monoisotopic (exact) mass is 200 g/mol. The molecule has 0 saturated heterocycles. The van der Waals surface area contributed by atoms with Crippen LogP contribution in [0.25, 0.3) is 0 Å². The Kier molecular flexibility index (Phi) is 3.25. The standard InChI is InChI=1S/C15H20/c1-3-13-7-5-9-15(11-13)14-8-4-6-12(2)10-14/h5,7,9,11,14H,2-4,6,8,10H2,1H3. The molecular weight excluding hydrogens is 180 g/mol. The summed E-state index contributed by atoms with van der Waals surface area (Å²) in [5.41, 5.74) is 4.42. The highest BCUT2D eigenvalue weighted by molar-refractivity contribution is 5.28. The van der Waals surface area contributed by atoms with E-state index in [9.17, 15) is 0 Å². The first-order valence-electron chi connectivity index (χ1n) is 6.05. The Hall–Kier alpha value is -1.04. The molecule has 0 spiro atoms. The molecule has 0 bridgehead atoms. The maximum absolute atomic E-state index is 4.13. The molecule has 0 aromatic heterocycles. The molecule has 0 aliphatic heterocycles. The molecule has 0 N–H and O–H groups in total. The number of aryl methyl sites for hydroxylation is 1. The normalized spacial score (nSPS) is 21.7. The van der Waals surface area contributed by atoms with E-state index in [0.717, 1.165) is 12.3 Å². The van der Waals surface area contributed by atoms with Gasteiger partial charge in [0.25, 0.3) is 0 Å². The molecule has 0 heterocycles. The average molecular weight is 200 g/mol. The highest BCUT2D eigenvalue weighted by atomic mass is 14.2. The lowest BCUT2D eigenvalue weighted by Gasteiger charge is -2.24. The lowest BCUT2D eigenvalue weighted by molar-refractivity contribution is 0.524. The van der Waals surface area contributed by atoms with Crippen LogP contribution in [0.2, 0.25) is 0 Å². The molecule has 0 radical (unpaired) electrons. The summed E-state index contributed by atoms with van der Waals surface area (Å²) in [5.74, 6) is 0.734. The van der Waals surface area contributed by atoms with Crippen molar-refractivity contribution in [3.8, 4) is 0 Å². The van der Waals surface area contributed by atoms with E-state index < -0.39 is 0 Å². The first-order chi connectivity index (χ1) is 7.29. The van der Waals surface area contributed by atoms with Gasteiger partial charge in [0.15, 0.2) is 0 Å². The Labute approximate surface area is 93.0 Å². The number of benzene rings is 1. The molecule has 1 saturated carbocycles. The zero-order valence-corrected chi connectivity index (χ0v) is 9.63. The van der Waals surface area contributed by atoms with Crippen LogP contribution in [0.1, 0.15) is 49.7 Å². The molecule has 1 aromatic rings. The van der Waals surface area contributed by atoms with Crippen molar-refractivity contribution in [2.45, 2.75) is 44.9 Å². The van der Waals surface area contributed by atoms with Crippen molar-refractivity contribution < 1.29 is 0 Å². The van der Waals surface area contributed by atoms with Gasteiger partial charge in [-0.05, 0) is 49.1 Å². The summed E-state index contributed by atoms with van der Waals surface area (Å²) >= 11 is 0. The average Bonchev–Trinajstić information content (AvgIpc) is 2.29. The molecule has 15 heavy (non-hydrogen) atoms. The molecule has 2 rings (SSSR count). The number of hydrogen-bond acceptors (Lipinski definition) is 0. The second kappa shape index (κ2) is 4.65. The van der Waals surface area contributed by atoms with Crippen molar-refractivity contribution in [1.82, 2.24) is 0 Å². The van der Waals surface area contributed by atoms with E-state index in [1.165, 1.54) is 42.4 Å². The van der Waals surface area contributed by atoms with Crippen LogP contribution in [0.5, 0.6) is 0 Å². The van der Waals surface area contributed by atoms with Gasteiger partial charge in [-0.2, -0.15) is 0 Å². The molecule has 1 fully saturated rings. The van der Waals surface area contributed by atoms with Crippen LogP contribution in [0.15, 0.2) is 36.4 Å². The van der Waals surface area contributed by atoms with Crippen LogP contribution >= 0.6 is 0 Å². The van der Waals surface area contributed by atoms with E-state index in [4.69, 9.17) is 0 Å². The molecule has 80 valence electrons. The van der Waals surface area contributed by atoms with E-state index in [0.29, 0.717) is 0 Å². The number of allylic oxidation sites excluding steroid dienone is 1. The summed E-state index contributed by atoms with van der Waals surface area (Å²) in [6.45, 7) is 6.35. The van der Waals surface area contributed by atoms with Crippen molar-refractivity contribution in [2.24, 2.45) is 0 Å². The van der Waals surface area contributed by atoms with E-state index in [1.54, 1.807) is 0 Å². The lowest BCUT2D eigenvalue weighted by atomic mass is 9.81. The van der Waals surface area contributed by atoms with Crippen molar-refractivity contribution >= 4 is 0 Å². The number of rotatable bonds is 2. The van der Waals surface area contributed by atoms with E-state index in [1.807, 2.05) is 0 Å². The third-order valence-electron chi connectivity index (χ3n) is 3.45. The summed E-state index contributed by atoms with van der Waals surface area (Å²) in [7, 11) is 0. The molecule has 1 aliphatic carbocycles. The first kappa shape index (κ1) is 10.5. The van der Waals surface area contributed by atoms with Gasteiger partial charge in [-0.15, -0.1) is 0 Å². The Balaban J connectivity index is 2.17. The zero-order valence-electron chi connectivity index (χ0n) is 9.63. The van der Waals surface area contributed by atoms with Gasteiger partial charge in [0.05, 0.1) is 0 Å². The fraction of sp³-hybridized carbons (Fsp3) is 0.467. The quantitative estimate of drug-likeness (QED) is 0.618.